The van der Waals surface area contributed by atoms with Gasteiger partial charge in [0, 0.05) is 27.4 Å². The van der Waals surface area contributed by atoms with Gasteiger partial charge in [-0.1, -0.05) is 33.6 Å². The number of ether oxygens (including phenoxy) is 2. The van der Waals surface area contributed by atoms with Crippen LogP contribution in [0.1, 0.15) is 16.7 Å². The maximum atomic E-state index is 12.3. The third-order valence-corrected chi connectivity index (χ3v) is 6.25. The highest BCUT2D eigenvalue weighted by atomic mass is 79.9. The van der Waals surface area contributed by atoms with Crippen LogP contribution in [0.5, 0.6) is 11.5 Å². The van der Waals surface area contributed by atoms with Gasteiger partial charge in [-0.15, -0.1) is 0 Å². The molecule has 0 atom stereocenters. The zero-order valence-electron chi connectivity index (χ0n) is 17.9. The SMILES string of the molecule is COc1cc(CNc2ccc(Br)cc2C)cc(Br)c1OCC(=O)Nc1ccc(C)c(Cl)c1. The zero-order valence-corrected chi connectivity index (χ0v) is 21.8. The highest BCUT2D eigenvalue weighted by Crippen LogP contribution is 2.37. The normalized spacial score (nSPS) is 10.6. The van der Waals surface area contributed by atoms with E-state index in [1.54, 1.807) is 19.2 Å². The number of halogens is 3. The van der Waals surface area contributed by atoms with E-state index in [2.05, 4.69) is 55.5 Å². The summed E-state index contributed by atoms with van der Waals surface area (Å²) in [6.45, 7) is 4.39. The molecule has 8 heteroatoms. The molecule has 0 saturated heterocycles. The molecule has 0 saturated carbocycles. The van der Waals surface area contributed by atoms with E-state index in [4.69, 9.17) is 21.1 Å². The molecule has 0 heterocycles. The topological polar surface area (TPSA) is 59.6 Å². The minimum Gasteiger partial charge on any atom is -0.493 e. The summed E-state index contributed by atoms with van der Waals surface area (Å²) in [7, 11) is 1.57. The summed E-state index contributed by atoms with van der Waals surface area (Å²) in [6, 6.07) is 15.3. The van der Waals surface area contributed by atoms with Gasteiger partial charge < -0.3 is 20.1 Å². The van der Waals surface area contributed by atoms with Crippen LogP contribution >= 0.6 is 43.5 Å². The number of methoxy groups -OCH3 is 1. The molecule has 1 amide bonds. The molecule has 0 bridgehead atoms. The second-order valence-electron chi connectivity index (χ2n) is 7.22. The molecule has 0 aliphatic rings. The quantitative estimate of drug-likeness (QED) is 0.297. The van der Waals surface area contributed by atoms with Crippen LogP contribution in [0.25, 0.3) is 0 Å². The van der Waals surface area contributed by atoms with Gasteiger partial charge in [0.25, 0.3) is 5.91 Å². The smallest absolute Gasteiger partial charge is 0.262 e. The predicted octanol–water partition coefficient (Wildman–Crippen LogP) is 7.12. The molecule has 0 radical (unpaired) electrons. The van der Waals surface area contributed by atoms with Gasteiger partial charge in [0.2, 0.25) is 0 Å². The van der Waals surface area contributed by atoms with Crippen LogP contribution in [-0.2, 0) is 11.3 Å². The largest absolute Gasteiger partial charge is 0.493 e. The summed E-state index contributed by atoms with van der Waals surface area (Å²) in [6.07, 6.45) is 0. The predicted molar refractivity (Wildman–Crippen MR) is 137 cm³/mol. The number of amides is 1. The molecular formula is C24H23Br2ClN2O3. The zero-order chi connectivity index (χ0) is 23.3. The molecule has 5 nitrogen and oxygen atoms in total. The van der Waals surface area contributed by atoms with Crippen molar-refractivity contribution in [3.8, 4) is 11.5 Å². The molecule has 168 valence electrons. The summed E-state index contributed by atoms with van der Waals surface area (Å²) in [4.78, 5) is 12.3. The van der Waals surface area contributed by atoms with Crippen LogP contribution in [0.3, 0.4) is 0 Å². The van der Waals surface area contributed by atoms with Crippen LogP contribution in [-0.4, -0.2) is 19.6 Å². The first-order valence-electron chi connectivity index (χ1n) is 9.82. The Morgan fingerprint density at radius 1 is 1.03 bits per heavy atom. The highest BCUT2D eigenvalue weighted by Gasteiger charge is 2.14. The lowest BCUT2D eigenvalue weighted by molar-refractivity contribution is -0.118. The lowest BCUT2D eigenvalue weighted by Gasteiger charge is -2.16. The second-order valence-corrected chi connectivity index (χ2v) is 9.40. The van der Waals surface area contributed by atoms with Gasteiger partial charge in [0.1, 0.15) is 0 Å². The van der Waals surface area contributed by atoms with E-state index in [0.29, 0.717) is 33.2 Å². The Labute approximate surface area is 209 Å². The van der Waals surface area contributed by atoms with Crippen LogP contribution < -0.4 is 20.1 Å². The van der Waals surface area contributed by atoms with Crippen LogP contribution in [0, 0.1) is 13.8 Å². The van der Waals surface area contributed by atoms with Crippen molar-refractivity contribution in [1.29, 1.82) is 0 Å². The van der Waals surface area contributed by atoms with Gasteiger partial charge in [0.05, 0.1) is 11.6 Å². The monoisotopic (exact) mass is 580 g/mol. The number of nitrogens with one attached hydrogen (secondary N) is 2. The molecule has 0 aliphatic carbocycles. The molecule has 0 spiro atoms. The molecule has 32 heavy (non-hydrogen) atoms. The van der Waals surface area contributed by atoms with Crippen LogP contribution in [0.2, 0.25) is 5.02 Å². The standard InChI is InChI=1S/C24H23Br2ClN2O3/c1-14-4-6-18(11-20(14)27)29-23(30)13-32-24-19(26)9-16(10-22(24)31-3)12-28-21-7-5-17(25)8-15(21)2/h4-11,28H,12-13H2,1-3H3,(H,29,30). The van der Waals surface area contributed by atoms with E-state index in [-0.39, 0.29) is 12.5 Å². The molecule has 3 aromatic rings. The Bertz CT molecular complexity index is 1140. The summed E-state index contributed by atoms with van der Waals surface area (Å²) in [5, 5.41) is 6.80. The van der Waals surface area contributed by atoms with Crippen molar-refractivity contribution < 1.29 is 14.3 Å². The number of aryl methyl sites for hydroxylation is 2. The van der Waals surface area contributed by atoms with Gasteiger partial charge in [-0.3, -0.25) is 4.79 Å². The molecule has 3 rings (SSSR count). The van der Waals surface area contributed by atoms with Gasteiger partial charge in [-0.2, -0.15) is 0 Å². The Morgan fingerprint density at radius 3 is 2.50 bits per heavy atom. The van der Waals surface area contributed by atoms with E-state index in [1.165, 1.54) is 0 Å². The van der Waals surface area contributed by atoms with Gasteiger partial charge in [-0.25, -0.2) is 0 Å². The van der Waals surface area contributed by atoms with Gasteiger partial charge in [-0.05, 0) is 88.9 Å². The van der Waals surface area contributed by atoms with Crippen LogP contribution in [0.15, 0.2) is 57.5 Å². The molecule has 0 aromatic heterocycles. The summed E-state index contributed by atoms with van der Waals surface area (Å²) in [5.74, 6) is 0.707. The Morgan fingerprint density at radius 2 is 1.81 bits per heavy atom. The number of carbonyl (C=O) groups excluding carboxylic acids is 1. The fraction of sp³-hybridized carbons (Fsp3) is 0.208. The minimum absolute atomic E-state index is 0.170. The molecule has 0 unspecified atom stereocenters. The maximum Gasteiger partial charge on any atom is 0.262 e. The number of anilines is 2. The average Bonchev–Trinajstić information content (AvgIpc) is 2.74. The van der Waals surface area contributed by atoms with Crippen molar-refractivity contribution >= 4 is 60.7 Å². The average molecular weight is 583 g/mol. The number of rotatable bonds is 8. The van der Waals surface area contributed by atoms with Crippen molar-refractivity contribution in [3.63, 3.8) is 0 Å². The van der Waals surface area contributed by atoms with Crippen LogP contribution in [0.4, 0.5) is 11.4 Å². The first-order chi connectivity index (χ1) is 15.3. The van der Waals surface area contributed by atoms with Crippen molar-refractivity contribution in [2.75, 3.05) is 24.4 Å². The Balaban J connectivity index is 1.65. The molecule has 3 aromatic carbocycles. The molecule has 0 aliphatic heterocycles. The molecule has 2 N–H and O–H groups in total. The summed E-state index contributed by atoms with van der Waals surface area (Å²) < 4.78 is 13.0. The van der Waals surface area contributed by atoms with E-state index in [1.807, 2.05) is 37.3 Å². The molecular weight excluding hydrogens is 560 g/mol. The number of hydrogen-bond donors (Lipinski definition) is 2. The van der Waals surface area contributed by atoms with E-state index in [9.17, 15) is 4.79 Å². The van der Waals surface area contributed by atoms with E-state index >= 15 is 0 Å². The Kier molecular flexibility index (Phi) is 8.45. The minimum atomic E-state index is -0.296. The van der Waals surface area contributed by atoms with Crippen molar-refractivity contribution in [2.45, 2.75) is 20.4 Å². The second kappa shape index (κ2) is 11.1. The number of hydrogen-bond acceptors (Lipinski definition) is 4. The van der Waals surface area contributed by atoms with Crippen molar-refractivity contribution in [3.05, 3.63) is 79.2 Å². The summed E-state index contributed by atoms with van der Waals surface area (Å²) in [5.41, 5.74) is 4.76. The first kappa shape index (κ1) is 24.4. The third-order valence-electron chi connectivity index (χ3n) is 4.76. The fourth-order valence-corrected chi connectivity index (χ4v) is 4.30. The molecule has 0 fully saturated rings. The summed E-state index contributed by atoms with van der Waals surface area (Å²) >= 11 is 13.1. The highest BCUT2D eigenvalue weighted by molar-refractivity contribution is 9.10. The van der Waals surface area contributed by atoms with Crippen molar-refractivity contribution in [1.82, 2.24) is 0 Å². The first-order valence-corrected chi connectivity index (χ1v) is 11.8. The fourth-order valence-electron chi connectivity index (χ4n) is 3.04. The third kappa shape index (κ3) is 6.40. The lowest BCUT2D eigenvalue weighted by Crippen LogP contribution is -2.20. The van der Waals surface area contributed by atoms with Gasteiger partial charge >= 0.3 is 0 Å². The number of carbonyl (C=O) groups is 1. The van der Waals surface area contributed by atoms with E-state index < -0.39 is 0 Å². The Hall–Kier alpha value is -2.22. The van der Waals surface area contributed by atoms with Crippen molar-refractivity contribution in [2.24, 2.45) is 0 Å². The maximum absolute atomic E-state index is 12.3. The van der Waals surface area contributed by atoms with E-state index in [0.717, 1.165) is 26.9 Å². The van der Waals surface area contributed by atoms with Gasteiger partial charge in [0.15, 0.2) is 18.1 Å². The number of benzene rings is 3. The lowest BCUT2D eigenvalue weighted by atomic mass is 10.1.